The highest BCUT2D eigenvalue weighted by Gasteiger charge is 2.36. The van der Waals surface area contributed by atoms with E-state index in [4.69, 9.17) is 4.74 Å². The second-order valence-corrected chi connectivity index (χ2v) is 7.88. The summed E-state index contributed by atoms with van der Waals surface area (Å²) in [7, 11) is 1.63. The first-order valence-corrected chi connectivity index (χ1v) is 9.55. The Bertz CT molecular complexity index is 944. The van der Waals surface area contributed by atoms with E-state index in [0.29, 0.717) is 12.2 Å². The van der Waals surface area contributed by atoms with Gasteiger partial charge in [-0.1, -0.05) is 30.3 Å². The summed E-state index contributed by atoms with van der Waals surface area (Å²) in [6.45, 7) is 5.71. The van der Waals surface area contributed by atoms with E-state index in [1.807, 2.05) is 86.1 Å². The molecule has 2 aromatic carbocycles. The molecular weight excluding hydrogens is 366 g/mol. The van der Waals surface area contributed by atoms with Crippen LogP contribution >= 0.6 is 0 Å². The molecule has 6 heteroatoms. The van der Waals surface area contributed by atoms with Gasteiger partial charge >= 0.3 is 6.09 Å². The van der Waals surface area contributed by atoms with Gasteiger partial charge in [0.1, 0.15) is 11.6 Å². The first-order valence-electron chi connectivity index (χ1n) is 9.55. The summed E-state index contributed by atoms with van der Waals surface area (Å²) >= 11 is 0. The monoisotopic (exact) mass is 393 g/mol. The molecule has 0 fully saturated rings. The highest BCUT2D eigenvalue weighted by Crippen LogP contribution is 2.32. The van der Waals surface area contributed by atoms with Gasteiger partial charge in [-0.15, -0.1) is 0 Å². The maximum atomic E-state index is 12.3. The summed E-state index contributed by atoms with van der Waals surface area (Å²) in [5, 5.41) is 10.1. The van der Waals surface area contributed by atoms with Gasteiger partial charge in [-0.05, 0) is 50.6 Å². The molecule has 29 heavy (non-hydrogen) atoms. The third kappa shape index (κ3) is 4.59. The second-order valence-electron chi connectivity index (χ2n) is 7.88. The lowest BCUT2D eigenvalue weighted by atomic mass is 9.97. The SMILES string of the molecule is COc1ccc(-n2ccnc2C(Cc2ccccc2)N(C(=O)O)C(C)(C)C)cc1. The Morgan fingerprint density at radius 3 is 2.34 bits per heavy atom. The van der Waals surface area contributed by atoms with Crippen LogP contribution in [0.25, 0.3) is 5.69 Å². The van der Waals surface area contributed by atoms with Crippen molar-refractivity contribution in [3.05, 3.63) is 78.4 Å². The van der Waals surface area contributed by atoms with Gasteiger partial charge in [0, 0.05) is 30.0 Å². The highest BCUT2D eigenvalue weighted by molar-refractivity contribution is 5.67. The molecule has 1 N–H and O–H groups in total. The number of hydrogen-bond donors (Lipinski definition) is 1. The maximum Gasteiger partial charge on any atom is 0.408 e. The van der Waals surface area contributed by atoms with Gasteiger partial charge in [0.15, 0.2) is 0 Å². The number of methoxy groups -OCH3 is 1. The van der Waals surface area contributed by atoms with Crippen molar-refractivity contribution in [2.75, 3.05) is 7.11 Å². The Labute approximate surface area is 171 Å². The highest BCUT2D eigenvalue weighted by atomic mass is 16.5. The zero-order valence-corrected chi connectivity index (χ0v) is 17.2. The molecule has 3 aromatic rings. The third-order valence-electron chi connectivity index (χ3n) is 4.83. The van der Waals surface area contributed by atoms with Crippen molar-refractivity contribution < 1.29 is 14.6 Å². The van der Waals surface area contributed by atoms with E-state index in [-0.39, 0.29) is 0 Å². The molecule has 0 aliphatic heterocycles. The van der Waals surface area contributed by atoms with Crippen LogP contribution in [0, 0.1) is 0 Å². The molecule has 152 valence electrons. The number of aromatic nitrogens is 2. The number of benzene rings is 2. The molecule has 0 spiro atoms. The van der Waals surface area contributed by atoms with E-state index in [1.54, 1.807) is 13.3 Å². The van der Waals surface area contributed by atoms with Crippen molar-refractivity contribution >= 4 is 6.09 Å². The standard InChI is InChI=1S/C23H27N3O3/c1-23(2,3)26(22(27)28)20(16-17-8-6-5-7-9-17)21-24-14-15-25(21)18-10-12-19(29-4)13-11-18/h5-15,20H,16H2,1-4H3,(H,27,28). The van der Waals surface area contributed by atoms with Crippen LogP contribution in [0.5, 0.6) is 5.75 Å². The quantitative estimate of drug-likeness (QED) is 0.644. The molecule has 1 unspecified atom stereocenters. The number of amides is 1. The molecule has 6 nitrogen and oxygen atoms in total. The van der Waals surface area contributed by atoms with Gasteiger partial charge in [0.2, 0.25) is 0 Å². The lowest BCUT2D eigenvalue weighted by molar-refractivity contribution is 0.0663. The molecule has 0 bridgehead atoms. The van der Waals surface area contributed by atoms with Crippen LogP contribution in [0.15, 0.2) is 67.0 Å². The van der Waals surface area contributed by atoms with Crippen molar-refractivity contribution in [1.82, 2.24) is 14.5 Å². The van der Waals surface area contributed by atoms with Crippen LogP contribution in [0.3, 0.4) is 0 Å². The summed E-state index contributed by atoms with van der Waals surface area (Å²) < 4.78 is 7.19. The summed E-state index contributed by atoms with van der Waals surface area (Å²) in [5.41, 5.74) is 1.36. The van der Waals surface area contributed by atoms with E-state index in [0.717, 1.165) is 17.0 Å². The van der Waals surface area contributed by atoms with Crippen LogP contribution in [0.2, 0.25) is 0 Å². The Kier molecular flexibility index (Phi) is 5.92. The fraction of sp³-hybridized carbons (Fsp3) is 0.304. The number of ether oxygens (including phenoxy) is 1. The third-order valence-corrected chi connectivity index (χ3v) is 4.83. The van der Waals surface area contributed by atoms with Crippen molar-refractivity contribution in [1.29, 1.82) is 0 Å². The minimum atomic E-state index is -0.970. The smallest absolute Gasteiger partial charge is 0.408 e. The minimum absolute atomic E-state index is 0.452. The summed E-state index contributed by atoms with van der Waals surface area (Å²) in [6, 6.07) is 17.1. The van der Waals surface area contributed by atoms with Crippen LogP contribution < -0.4 is 4.74 Å². The number of imidazole rings is 1. The van der Waals surface area contributed by atoms with Gasteiger partial charge in [0.05, 0.1) is 13.2 Å². The molecule has 0 radical (unpaired) electrons. The fourth-order valence-corrected chi connectivity index (χ4v) is 3.55. The summed E-state index contributed by atoms with van der Waals surface area (Å²) in [5.74, 6) is 1.44. The maximum absolute atomic E-state index is 12.3. The molecular formula is C23H27N3O3. The largest absolute Gasteiger partial charge is 0.497 e. The van der Waals surface area contributed by atoms with Gasteiger partial charge in [-0.2, -0.15) is 0 Å². The molecule has 1 aromatic heterocycles. The normalized spacial score (nSPS) is 12.4. The minimum Gasteiger partial charge on any atom is -0.497 e. The van der Waals surface area contributed by atoms with Crippen molar-refractivity contribution in [2.24, 2.45) is 0 Å². The van der Waals surface area contributed by atoms with Gasteiger partial charge < -0.3 is 14.4 Å². The Morgan fingerprint density at radius 1 is 1.14 bits per heavy atom. The predicted molar refractivity (Wildman–Crippen MR) is 113 cm³/mol. The molecule has 1 amide bonds. The lowest BCUT2D eigenvalue weighted by Gasteiger charge is -2.39. The van der Waals surface area contributed by atoms with E-state index in [9.17, 15) is 9.90 Å². The van der Waals surface area contributed by atoms with Gasteiger partial charge in [0.25, 0.3) is 0 Å². The number of hydrogen-bond acceptors (Lipinski definition) is 3. The van der Waals surface area contributed by atoms with Gasteiger partial charge in [-0.3, -0.25) is 4.90 Å². The topological polar surface area (TPSA) is 67.6 Å². The Hall–Kier alpha value is -3.28. The van der Waals surface area contributed by atoms with E-state index in [1.165, 1.54) is 4.90 Å². The Morgan fingerprint density at radius 2 is 1.79 bits per heavy atom. The predicted octanol–water partition coefficient (Wildman–Crippen LogP) is 4.94. The number of rotatable bonds is 6. The zero-order valence-electron chi connectivity index (χ0n) is 17.2. The van der Waals surface area contributed by atoms with Crippen LogP contribution in [-0.2, 0) is 6.42 Å². The number of carboxylic acid groups (broad SMARTS) is 1. The van der Waals surface area contributed by atoms with E-state index < -0.39 is 17.7 Å². The average Bonchev–Trinajstić information content (AvgIpc) is 3.16. The van der Waals surface area contributed by atoms with Crippen LogP contribution in [0.4, 0.5) is 4.79 Å². The molecule has 1 atom stereocenters. The van der Waals surface area contributed by atoms with Crippen molar-refractivity contribution in [2.45, 2.75) is 38.8 Å². The van der Waals surface area contributed by atoms with E-state index in [2.05, 4.69) is 4.98 Å². The van der Waals surface area contributed by atoms with Crippen LogP contribution in [-0.4, -0.2) is 38.3 Å². The molecule has 0 saturated heterocycles. The first kappa shape index (κ1) is 20.5. The fourth-order valence-electron chi connectivity index (χ4n) is 3.55. The molecule has 0 aliphatic rings. The van der Waals surface area contributed by atoms with Crippen molar-refractivity contribution in [3.8, 4) is 11.4 Å². The lowest BCUT2D eigenvalue weighted by Crippen LogP contribution is -2.48. The van der Waals surface area contributed by atoms with E-state index >= 15 is 0 Å². The van der Waals surface area contributed by atoms with Gasteiger partial charge in [-0.25, -0.2) is 9.78 Å². The average molecular weight is 393 g/mol. The zero-order chi connectivity index (χ0) is 21.0. The number of carbonyl (C=O) groups is 1. The molecule has 3 rings (SSSR count). The summed E-state index contributed by atoms with van der Waals surface area (Å²) in [4.78, 5) is 18.3. The first-order chi connectivity index (χ1) is 13.8. The Balaban J connectivity index is 2.09. The summed E-state index contributed by atoms with van der Waals surface area (Å²) in [6.07, 6.45) is 3.12. The van der Waals surface area contributed by atoms with Crippen LogP contribution in [0.1, 0.15) is 38.2 Å². The second kappa shape index (κ2) is 8.39. The molecule has 0 saturated carbocycles. The molecule has 1 heterocycles. The molecule has 0 aliphatic carbocycles. The van der Waals surface area contributed by atoms with Crippen molar-refractivity contribution in [3.63, 3.8) is 0 Å². The number of nitrogens with zero attached hydrogens (tertiary/aromatic N) is 3.